The molecule has 2 atom stereocenters. The number of nitrogens with two attached hydrogens (primary N) is 1. The molecule has 2 unspecified atom stereocenters. The Hall–Kier alpha value is -3.48. The summed E-state index contributed by atoms with van der Waals surface area (Å²) in [6, 6.07) is 4.70. The van der Waals surface area contributed by atoms with Crippen LogP contribution in [-0.4, -0.2) is 79.0 Å². The van der Waals surface area contributed by atoms with Crippen LogP contribution in [0.5, 0.6) is 0 Å². The van der Waals surface area contributed by atoms with E-state index in [0.717, 1.165) is 0 Å². The highest BCUT2D eigenvalue weighted by Crippen LogP contribution is 2.30. The van der Waals surface area contributed by atoms with Crippen LogP contribution in [0.4, 0.5) is 29.3 Å². The van der Waals surface area contributed by atoms with Gasteiger partial charge in [-0.15, -0.1) is 5.10 Å². The monoisotopic (exact) mass is 491 g/mol. The summed E-state index contributed by atoms with van der Waals surface area (Å²) in [7, 11) is 0. The lowest BCUT2D eigenvalue weighted by molar-refractivity contribution is 0.120. The predicted octanol–water partition coefficient (Wildman–Crippen LogP) is 3.09. The van der Waals surface area contributed by atoms with Crippen molar-refractivity contribution in [2.45, 2.75) is 38.5 Å². The first kappa shape index (κ1) is 23.3. The minimum absolute atomic E-state index is 0.142. The Bertz CT molecular complexity index is 1350. The maximum absolute atomic E-state index is 14.6. The summed E-state index contributed by atoms with van der Waals surface area (Å²) in [6.07, 6.45) is -1.58. The lowest BCUT2D eigenvalue weighted by Crippen LogP contribution is -2.48. The van der Waals surface area contributed by atoms with Crippen LogP contribution in [0.15, 0.2) is 24.4 Å². The number of hydrogen-bond acceptors (Lipinski definition) is 7. The summed E-state index contributed by atoms with van der Waals surface area (Å²) < 4.78 is 56.2. The van der Waals surface area contributed by atoms with Gasteiger partial charge in [0.1, 0.15) is 29.7 Å². The smallest absolute Gasteiger partial charge is 0.256 e. The molecule has 3 N–H and O–H groups in total. The largest absolute Gasteiger partial charge is 0.382 e. The van der Waals surface area contributed by atoms with Crippen molar-refractivity contribution in [2.75, 3.05) is 37.4 Å². The van der Waals surface area contributed by atoms with Crippen molar-refractivity contribution < 1.29 is 17.6 Å². The number of halogens is 4. The molecule has 0 radical (unpaired) electrons. The fourth-order valence-corrected chi connectivity index (χ4v) is 4.56. The van der Waals surface area contributed by atoms with Crippen LogP contribution in [0.3, 0.4) is 0 Å². The number of aromatic nitrogens is 6. The standard InChI is InChI=1S/C22H25F4N9/c1-12-28-17-3-2-15(29-21(17)34(12)11-18(25)26)13-4-8-35-19(13)20(27)31-22(32-35)30-16-5-7-33(9-6-23)10-14(16)24/h2-4,8,14,16,18H,5-7,9-11H2,1H3,(H3,27,30,31,32). The van der Waals surface area contributed by atoms with E-state index in [0.29, 0.717) is 46.7 Å². The molecule has 5 rings (SSSR count). The lowest BCUT2D eigenvalue weighted by atomic mass is 10.0. The summed E-state index contributed by atoms with van der Waals surface area (Å²) in [6.45, 7) is 1.58. The summed E-state index contributed by atoms with van der Waals surface area (Å²) in [4.78, 5) is 15.0. The third kappa shape index (κ3) is 4.47. The first-order valence-corrected chi connectivity index (χ1v) is 11.3. The highest BCUT2D eigenvalue weighted by atomic mass is 19.3. The van der Waals surface area contributed by atoms with E-state index in [1.165, 1.54) is 9.08 Å². The van der Waals surface area contributed by atoms with Gasteiger partial charge in [0.25, 0.3) is 6.43 Å². The lowest BCUT2D eigenvalue weighted by Gasteiger charge is -2.34. The van der Waals surface area contributed by atoms with Crippen LogP contribution in [0.25, 0.3) is 27.9 Å². The van der Waals surface area contributed by atoms with Gasteiger partial charge in [-0.1, -0.05) is 0 Å². The van der Waals surface area contributed by atoms with Crippen molar-refractivity contribution in [3.63, 3.8) is 0 Å². The second kappa shape index (κ2) is 9.29. The van der Waals surface area contributed by atoms with Gasteiger partial charge in [0, 0.05) is 31.4 Å². The highest BCUT2D eigenvalue weighted by molar-refractivity contribution is 5.88. The number of nitrogen functional groups attached to an aromatic ring is 1. The van der Waals surface area contributed by atoms with Crippen molar-refractivity contribution in [1.82, 2.24) is 34.0 Å². The van der Waals surface area contributed by atoms with E-state index in [9.17, 15) is 17.6 Å². The SMILES string of the molecule is Cc1nc2ccc(-c3ccn4nc(NC5CCN(CCF)CC5F)nc(N)c34)nc2n1CC(F)F. The molecule has 4 aromatic rings. The summed E-state index contributed by atoms with van der Waals surface area (Å²) >= 11 is 0. The average molecular weight is 491 g/mol. The number of aryl methyl sites for hydroxylation is 1. The van der Waals surface area contributed by atoms with Crippen molar-refractivity contribution in [3.05, 3.63) is 30.2 Å². The van der Waals surface area contributed by atoms with Gasteiger partial charge in [0.05, 0.1) is 18.3 Å². The molecule has 0 spiro atoms. The molecule has 5 heterocycles. The molecule has 4 aromatic heterocycles. The minimum Gasteiger partial charge on any atom is -0.382 e. The summed E-state index contributed by atoms with van der Waals surface area (Å²) in [5.41, 5.74) is 8.75. The number of nitrogens with zero attached hydrogens (tertiary/aromatic N) is 7. The maximum Gasteiger partial charge on any atom is 0.256 e. The fraction of sp³-hybridized carbons (Fsp3) is 0.455. The second-order valence-corrected chi connectivity index (χ2v) is 8.59. The zero-order valence-corrected chi connectivity index (χ0v) is 19.0. The topological polar surface area (TPSA) is 102 Å². The fourth-order valence-electron chi connectivity index (χ4n) is 4.56. The summed E-state index contributed by atoms with van der Waals surface area (Å²) in [5, 5.41) is 7.43. The van der Waals surface area contributed by atoms with Gasteiger partial charge in [0.2, 0.25) is 5.95 Å². The number of anilines is 2. The molecule has 1 aliphatic rings. The Balaban J connectivity index is 1.44. The molecule has 186 valence electrons. The van der Waals surface area contributed by atoms with Crippen molar-refractivity contribution in [2.24, 2.45) is 0 Å². The van der Waals surface area contributed by atoms with E-state index in [4.69, 9.17) is 5.73 Å². The number of pyridine rings is 1. The summed E-state index contributed by atoms with van der Waals surface area (Å²) in [5.74, 6) is 0.789. The van der Waals surface area contributed by atoms with Crippen LogP contribution in [0.1, 0.15) is 12.2 Å². The Morgan fingerprint density at radius 2 is 2.03 bits per heavy atom. The molecule has 1 aliphatic heterocycles. The Labute approximate surface area is 198 Å². The number of likely N-dealkylation sites (tertiary alicyclic amines) is 1. The first-order valence-electron chi connectivity index (χ1n) is 11.3. The van der Waals surface area contributed by atoms with E-state index in [2.05, 4.69) is 25.4 Å². The second-order valence-electron chi connectivity index (χ2n) is 8.59. The highest BCUT2D eigenvalue weighted by Gasteiger charge is 2.30. The predicted molar refractivity (Wildman–Crippen MR) is 124 cm³/mol. The molecule has 0 bridgehead atoms. The third-order valence-electron chi connectivity index (χ3n) is 6.26. The molecule has 35 heavy (non-hydrogen) atoms. The molecule has 0 saturated carbocycles. The van der Waals surface area contributed by atoms with Crippen LogP contribution in [0.2, 0.25) is 0 Å². The molecule has 0 amide bonds. The zero-order chi connectivity index (χ0) is 24.7. The Morgan fingerprint density at radius 1 is 1.20 bits per heavy atom. The number of fused-ring (bicyclic) bond motifs is 2. The molecular weight excluding hydrogens is 466 g/mol. The average Bonchev–Trinajstić information content (AvgIpc) is 3.37. The van der Waals surface area contributed by atoms with E-state index in [1.807, 2.05) is 0 Å². The molecule has 13 heteroatoms. The number of rotatable bonds is 7. The van der Waals surface area contributed by atoms with E-state index in [-0.39, 0.29) is 24.9 Å². The quantitative estimate of drug-likeness (QED) is 0.383. The number of alkyl halides is 4. The van der Waals surface area contributed by atoms with Gasteiger partial charge in [-0.2, -0.15) is 4.98 Å². The number of nitrogens with one attached hydrogen (secondary N) is 1. The van der Waals surface area contributed by atoms with Gasteiger partial charge < -0.3 is 15.6 Å². The van der Waals surface area contributed by atoms with E-state index in [1.54, 1.807) is 36.2 Å². The Kier molecular flexibility index (Phi) is 6.17. The number of imidazole rings is 1. The Morgan fingerprint density at radius 3 is 2.77 bits per heavy atom. The molecule has 1 saturated heterocycles. The minimum atomic E-state index is -2.54. The van der Waals surface area contributed by atoms with Crippen LogP contribution < -0.4 is 11.1 Å². The van der Waals surface area contributed by atoms with Gasteiger partial charge in [-0.3, -0.25) is 4.90 Å². The van der Waals surface area contributed by atoms with Gasteiger partial charge in [0.15, 0.2) is 11.5 Å². The van der Waals surface area contributed by atoms with E-state index >= 15 is 0 Å². The third-order valence-corrected chi connectivity index (χ3v) is 6.26. The zero-order valence-electron chi connectivity index (χ0n) is 19.0. The normalized spacial score (nSPS) is 19.3. The van der Waals surface area contributed by atoms with Crippen LogP contribution >= 0.6 is 0 Å². The molecule has 0 aromatic carbocycles. The molecule has 0 aliphatic carbocycles. The van der Waals surface area contributed by atoms with Crippen molar-refractivity contribution in [3.8, 4) is 11.3 Å². The molecule has 1 fully saturated rings. The van der Waals surface area contributed by atoms with Crippen LogP contribution in [-0.2, 0) is 6.54 Å². The van der Waals surface area contributed by atoms with Gasteiger partial charge in [-0.05, 0) is 31.5 Å². The number of hydrogen-bond donors (Lipinski definition) is 2. The van der Waals surface area contributed by atoms with Crippen molar-refractivity contribution in [1.29, 1.82) is 0 Å². The van der Waals surface area contributed by atoms with E-state index < -0.39 is 31.9 Å². The molecule has 9 nitrogen and oxygen atoms in total. The maximum atomic E-state index is 14.6. The van der Waals surface area contributed by atoms with Gasteiger partial charge >= 0.3 is 0 Å². The first-order chi connectivity index (χ1) is 16.8. The van der Waals surface area contributed by atoms with Gasteiger partial charge in [-0.25, -0.2) is 32.0 Å². The molecular formula is C22H25F4N9. The van der Waals surface area contributed by atoms with Crippen molar-refractivity contribution >= 4 is 28.4 Å². The number of piperidine rings is 1. The van der Waals surface area contributed by atoms with Crippen LogP contribution in [0, 0.1) is 6.92 Å².